The molecule has 1 amide bonds. The number of carbonyl (C=O) groups is 1. The summed E-state index contributed by atoms with van der Waals surface area (Å²) in [5.74, 6) is -0.272. The normalized spacial score (nSPS) is 17.1. The Bertz CT molecular complexity index is 283. The maximum Gasteiger partial charge on any atom is 0.224 e. The van der Waals surface area contributed by atoms with Crippen LogP contribution < -0.4 is 11.1 Å². The molecular weight excluding hydrogens is 242 g/mol. The quantitative estimate of drug-likeness (QED) is 0.628. The lowest BCUT2D eigenvalue weighted by atomic mass is 9.84. The Labute approximate surface area is 117 Å². The van der Waals surface area contributed by atoms with Crippen molar-refractivity contribution in [1.29, 1.82) is 0 Å². The summed E-state index contributed by atoms with van der Waals surface area (Å²) < 4.78 is 0. The van der Waals surface area contributed by atoms with Crippen molar-refractivity contribution in [2.75, 3.05) is 33.7 Å². The first-order valence-electron chi connectivity index (χ1n) is 6.82. The molecule has 0 spiro atoms. The van der Waals surface area contributed by atoms with Gasteiger partial charge in [-0.05, 0) is 32.9 Å². The molecule has 0 aromatic rings. The van der Waals surface area contributed by atoms with Crippen LogP contribution in [0.25, 0.3) is 0 Å². The van der Waals surface area contributed by atoms with Crippen LogP contribution in [0.4, 0.5) is 0 Å². The SMILES string of the molecule is CN(C)CC(C)(O)CNC(=O)C(CN)CC(C)(C)C. The maximum absolute atomic E-state index is 12.1. The molecule has 4 N–H and O–H groups in total. The number of nitrogens with one attached hydrogen (secondary N) is 1. The average Bonchev–Trinajstić information content (AvgIpc) is 2.19. The highest BCUT2D eigenvalue weighted by molar-refractivity contribution is 5.79. The number of nitrogens with two attached hydrogens (primary N) is 1. The van der Waals surface area contributed by atoms with Crippen LogP contribution in [-0.4, -0.2) is 55.2 Å². The number of hydrogen-bond donors (Lipinski definition) is 3. The molecule has 0 saturated carbocycles. The van der Waals surface area contributed by atoms with Gasteiger partial charge in [-0.15, -0.1) is 0 Å². The number of nitrogens with zero attached hydrogens (tertiary/aromatic N) is 1. The zero-order valence-electron chi connectivity index (χ0n) is 13.3. The van der Waals surface area contributed by atoms with Crippen molar-refractivity contribution in [3.05, 3.63) is 0 Å². The third-order valence-corrected chi connectivity index (χ3v) is 2.81. The molecule has 0 fully saturated rings. The van der Waals surface area contributed by atoms with Crippen molar-refractivity contribution in [3.8, 4) is 0 Å². The number of rotatable bonds is 7. The summed E-state index contributed by atoms with van der Waals surface area (Å²) in [6.45, 7) is 9.05. The molecule has 2 unspecified atom stereocenters. The second-order valence-electron chi connectivity index (χ2n) is 7.15. The van der Waals surface area contributed by atoms with E-state index in [0.29, 0.717) is 13.1 Å². The van der Waals surface area contributed by atoms with E-state index in [0.717, 1.165) is 6.42 Å². The van der Waals surface area contributed by atoms with E-state index in [1.165, 1.54) is 0 Å². The number of carbonyl (C=O) groups excluding carboxylic acids is 1. The first kappa shape index (κ1) is 18.4. The Hall–Kier alpha value is -0.650. The maximum atomic E-state index is 12.1. The first-order chi connectivity index (χ1) is 8.47. The summed E-state index contributed by atoms with van der Waals surface area (Å²) in [6, 6.07) is 0. The predicted molar refractivity (Wildman–Crippen MR) is 78.8 cm³/mol. The molecule has 0 rings (SSSR count). The van der Waals surface area contributed by atoms with Gasteiger partial charge in [-0.25, -0.2) is 0 Å². The van der Waals surface area contributed by atoms with Crippen LogP contribution in [0.15, 0.2) is 0 Å². The lowest BCUT2D eigenvalue weighted by Gasteiger charge is -2.29. The van der Waals surface area contributed by atoms with Crippen LogP contribution >= 0.6 is 0 Å². The molecule has 0 aliphatic carbocycles. The predicted octanol–water partition coefficient (Wildman–Crippen LogP) is 0.426. The number of likely N-dealkylation sites (N-methyl/N-ethyl adjacent to an activating group) is 1. The van der Waals surface area contributed by atoms with Gasteiger partial charge in [-0.3, -0.25) is 4.79 Å². The van der Waals surface area contributed by atoms with Crippen LogP contribution in [0.3, 0.4) is 0 Å². The first-order valence-corrected chi connectivity index (χ1v) is 6.82. The van der Waals surface area contributed by atoms with E-state index in [4.69, 9.17) is 5.73 Å². The fourth-order valence-electron chi connectivity index (χ4n) is 2.18. The molecule has 0 aromatic carbocycles. The molecule has 0 aliphatic rings. The summed E-state index contributed by atoms with van der Waals surface area (Å²) >= 11 is 0. The third kappa shape index (κ3) is 8.97. The van der Waals surface area contributed by atoms with Gasteiger partial charge in [0.05, 0.1) is 11.5 Å². The van der Waals surface area contributed by atoms with Gasteiger partial charge in [0, 0.05) is 19.6 Å². The third-order valence-electron chi connectivity index (χ3n) is 2.81. The molecule has 19 heavy (non-hydrogen) atoms. The summed E-state index contributed by atoms with van der Waals surface area (Å²) in [5.41, 5.74) is 4.80. The Morgan fingerprint density at radius 2 is 1.84 bits per heavy atom. The number of hydrogen-bond acceptors (Lipinski definition) is 4. The average molecular weight is 273 g/mol. The fraction of sp³-hybridized carbons (Fsp3) is 0.929. The fourth-order valence-corrected chi connectivity index (χ4v) is 2.18. The monoisotopic (exact) mass is 273 g/mol. The summed E-state index contributed by atoms with van der Waals surface area (Å²) in [6.07, 6.45) is 0.741. The van der Waals surface area contributed by atoms with E-state index in [1.54, 1.807) is 6.92 Å². The molecule has 0 bridgehead atoms. The zero-order chi connectivity index (χ0) is 15.3. The smallest absolute Gasteiger partial charge is 0.224 e. The summed E-state index contributed by atoms with van der Waals surface area (Å²) in [5, 5.41) is 12.9. The Balaban J connectivity index is 4.35. The second-order valence-corrected chi connectivity index (χ2v) is 7.15. The number of amides is 1. The Morgan fingerprint density at radius 1 is 1.32 bits per heavy atom. The van der Waals surface area contributed by atoms with Crippen LogP contribution in [-0.2, 0) is 4.79 Å². The van der Waals surface area contributed by atoms with Gasteiger partial charge in [0.25, 0.3) is 0 Å². The highest BCUT2D eigenvalue weighted by Gasteiger charge is 2.27. The highest BCUT2D eigenvalue weighted by Crippen LogP contribution is 2.24. The van der Waals surface area contributed by atoms with Gasteiger partial charge in [-0.2, -0.15) is 0 Å². The molecule has 0 heterocycles. The molecular formula is C14H31N3O2. The van der Waals surface area contributed by atoms with E-state index in [9.17, 15) is 9.90 Å². The highest BCUT2D eigenvalue weighted by atomic mass is 16.3. The van der Waals surface area contributed by atoms with Gasteiger partial charge in [-0.1, -0.05) is 20.8 Å². The van der Waals surface area contributed by atoms with Crippen molar-refractivity contribution in [2.45, 2.75) is 39.7 Å². The van der Waals surface area contributed by atoms with Crippen LogP contribution in [0, 0.1) is 11.3 Å². The molecule has 5 nitrogen and oxygen atoms in total. The summed E-state index contributed by atoms with van der Waals surface area (Å²) in [4.78, 5) is 14.0. The van der Waals surface area contributed by atoms with E-state index in [2.05, 4.69) is 26.1 Å². The lowest BCUT2D eigenvalue weighted by molar-refractivity contribution is -0.126. The zero-order valence-corrected chi connectivity index (χ0v) is 13.3. The van der Waals surface area contributed by atoms with Gasteiger partial charge in [0.15, 0.2) is 0 Å². The molecule has 2 atom stereocenters. The minimum Gasteiger partial charge on any atom is -0.387 e. The van der Waals surface area contributed by atoms with E-state index in [-0.39, 0.29) is 23.8 Å². The minimum absolute atomic E-state index is 0.0630. The second kappa shape index (κ2) is 7.22. The van der Waals surface area contributed by atoms with Crippen molar-refractivity contribution < 1.29 is 9.90 Å². The van der Waals surface area contributed by atoms with E-state index in [1.807, 2.05) is 19.0 Å². The van der Waals surface area contributed by atoms with Crippen LogP contribution in [0.2, 0.25) is 0 Å². The van der Waals surface area contributed by atoms with Crippen molar-refractivity contribution in [2.24, 2.45) is 17.1 Å². The van der Waals surface area contributed by atoms with Crippen molar-refractivity contribution >= 4 is 5.91 Å². The molecule has 0 saturated heterocycles. The van der Waals surface area contributed by atoms with Gasteiger partial charge in [0.2, 0.25) is 5.91 Å². The minimum atomic E-state index is -0.931. The molecule has 0 aromatic heterocycles. The summed E-state index contributed by atoms with van der Waals surface area (Å²) in [7, 11) is 3.77. The van der Waals surface area contributed by atoms with E-state index < -0.39 is 5.60 Å². The molecule has 0 aliphatic heterocycles. The van der Waals surface area contributed by atoms with Crippen molar-refractivity contribution in [1.82, 2.24) is 10.2 Å². The molecule has 114 valence electrons. The Kier molecular flexibility index (Phi) is 6.97. The molecule has 0 radical (unpaired) electrons. The number of aliphatic hydroxyl groups is 1. The largest absolute Gasteiger partial charge is 0.387 e. The van der Waals surface area contributed by atoms with Gasteiger partial charge in [0.1, 0.15) is 0 Å². The van der Waals surface area contributed by atoms with Crippen molar-refractivity contribution in [3.63, 3.8) is 0 Å². The standard InChI is InChI=1S/C14H31N3O2/c1-13(2,3)7-11(8-15)12(18)16-9-14(4,19)10-17(5)6/h11,19H,7-10,15H2,1-6H3,(H,16,18). The van der Waals surface area contributed by atoms with Gasteiger partial charge >= 0.3 is 0 Å². The van der Waals surface area contributed by atoms with Gasteiger partial charge < -0.3 is 21.1 Å². The van der Waals surface area contributed by atoms with Crippen LogP contribution in [0.1, 0.15) is 34.1 Å². The Morgan fingerprint density at radius 3 is 2.21 bits per heavy atom. The van der Waals surface area contributed by atoms with E-state index >= 15 is 0 Å². The molecule has 5 heteroatoms. The topological polar surface area (TPSA) is 78.6 Å². The lowest BCUT2D eigenvalue weighted by Crippen LogP contribution is -2.49. The van der Waals surface area contributed by atoms with Crippen LogP contribution in [0.5, 0.6) is 0 Å².